The van der Waals surface area contributed by atoms with Gasteiger partial charge in [0.05, 0.1) is 21.6 Å². The first-order valence-electron chi connectivity index (χ1n) is 11.5. The van der Waals surface area contributed by atoms with Crippen LogP contribution in [-0.2, 0) is 23.9 Å². The number of alkyl halides is 3. The molecular formula is C26H23ClF3N5O. The van der Waals surface area contributed by atoms with Crippen molar-refractivity contribution in [1.82, 2.24) is 19.4 Å². The predicted octanol–water partition coefficient (Wildman–Crippen LogP) is 5.04. The largest absolute Gasteiger partial charge is 0.417 e. The van der Waals surface area contributed by atoms with E-state index in [0.717, 1.165) is 34.7 Å². The molecule has 0 unspecified atom stereocenters. The van der Waals surface area contributed by atoms with E-state index in [2.05, 4.69) is 4.98 Å². The third kappa shape index (κ3) is 5.02. The molecule has 4 aromatic rings. The lowest BCUT2D eigenvalue weighted by Crippen LogP contribution is -2.50. The number of piperazine rings is 1. The van der Waals surface area contributed by atoms with Crippen LogP contribution in [0.25, 0.3) is 11.0 Å². The number of imidazole rings is 1. The number of amides is 1. The van der Waals surface area contributed by atoms with Crippen molar-refractivity contribution in [2.75, 3.05) is 31.1 Å². The zero-order valence-electron chi connectivity index (χ0n) is 19.2. The molecule has 1 aliphatic heterocycles. The van der Waals surface area contributed by atoms with Gasteiger partial charge in [-0.15, -0.1) is 0 Å². The van der Waals surface area contributed by atoms with Crippen LogP contribution in [0.5, 0.6) is 0 Å². The first-order valence-corrected chi connectivity index (χ1v) is 11.9. The van der Waals surface area contributed by atoms with E-state index in [0.29, 0.717) is 38.4 Å². The van der Waals surface area contributed by atoms with E-state index in [-0.39, 0.29) is 17.5 Å². The summed E-state index contributed by atoms with van der Waals surface area (Å²) in [5.74, 6) is 1.07. The summed E-state index contributed by atoms with van der Waals surface area (Å²) in [6, 6.07) is 18.6. The third-order valence-corrected chi connectivity index (χ3v) is 6.59. The second-order valence-corrected chi connectivity index (χ2v) is 9.07. The minimum Gasteiger partial charge on any atom is -0.352 e. The lowest BCUT2D eigenvalue weighted by molar-refractivity contribution is -0.138. The fourth-order valence-corrected chi connectivity index (χ4v) is 4.72. The van der Waals surface area contributed by atoms with Crippen molar-refractivity contribution in [3.8, 4) is 0 Å². The Morgan fingerprint density at radius 2 is 1.67 bits per heavy atom. The van der Waals surface area contributed by atoms with Gasteiger partial charge in [0.25, 0.3) is 0 Å². The second kappa shape index (κ2) is 9.81. The number of para-hydroxylation sites is 2. The van der Waals surface area contributed by atoms with Crippen LogP contribution in [0.15, 0.2) is 66.9 Å². The first kappa shape index (κ1) is 24.1. The highest BCUT2D eigenvalue weighted by Gasteiger charge is 2.32. The molecule has 5 rings (SSSR count). The van der Waals surface area contributed by atoms with Crippen molar-refractivity contribution in [2.24, 2.45) is 0 Å². The predicted molar refractivity (Wildman–Crippen MR) is 132 cm³/mol. The lowest BCUT2D eigenvalue weighted by atomic mass is 10.1. The van der Waals surface area contributed by atoms with E-state index in [4.69, 9.17) is 16.6 Å². The normalized spacial score (nSPS) is 14.4. The van der Waals surface area contributed by atoms with Crippen LogP contribution in [0.4, 0.5) is 19.0 Å². The maximum atomic E-state index is 13.3. The fraction of sp³-hybridized carbons (Fsp3) is 0.269. The van der Waals surface area contributed by atoms with Gasteiger partial charge in [0.1, 0.15) is 18.2 Å². The van der Waals surface area contributed by atoms with Gasteiger partial charge < -0.3 is 14.4 Å². The summed E-state index contributed by atoms with van der Waals surface area (Å²) in [4.78, 5) is 25.6. The lowest BCUT2D eigenvalue weighted by Gasteiger charge is -2.36. The van der Waals surface area contributed by atoms with Gasteiger partial charge in [-0.3, -0.25) is 4.79 Å². The van der Waals surface area contributed by atoms with Crippen molar-refractivity contribution < 1.29 is 18.0 Å². The quantitative estimate of drug-likeness (QED) is 0.375. The standard InChI is InChI=1S/C26H23ClF3N5O/c27-20-15-19(26(28,29)30)16-31-25(20)34-12-10-33(11-13-34)24(36)17-35-22-9-5-4-8-21(22)32-23(35)14-18-6-2-1-3-7-18/h1-9,15-16H,10-14,17H2. The Labute approximate surface area is 210 Å². The zero-order chi connectivity index (χ0) is 25.3. The van der Waals surface area contributed by atoms with Gasteiger partial charge in [-0.25, -0.2) is 9.97 Å². The summed E-state index contributed by atoms with van der Waals surface area (Å²) in [6.07, 6.45) is -3.11. The minimum absolute atomic E-state index is 0.0430. The molecule has 1 fully saturated rings. The Morgan fingerprint density at radius 3 is 2.36 bits per heavy atom. The molecule has 0 bridgehead atoms. The van der Waals surface area contributed by atoms with E-state index < -0.39 is 11.7 Å². The van der Waals surface area contributed by atoms with Gasteiger partial charge in [0.2, 0.25) is 5.91 Å². The van der Waals surface area contributed by atoms with Gasteiger partial charge in [-0.05, 0) is 23.8 Å². The zero-order valence-corrected chi connectivity index (χ0v) is 20.0. The van der Waals surface area contributed by atoms with Gasteiger partial charge in [-0.2, -0.15) is 13.2 Å². The topological polar surface area (TPSA) is 54.3 Å². The molecule has 2 aromatic carbocycles. The number of rotatable bonds is 5. The average molecular weight is 514 g/mol. The molecule has 2 aromatic heterocycles. The summed E-state index contributed by atoms with van der Waals surface area (Å²) in [7, 11) is 0. The van der Waals surface area contributed by atoms with Crippen molar-refractivity contribution in [3.05, 3.63) is 88.8 Å². The molecule has 6 nitrogen and oxygen atoms in total. The number of carbonyl (C=O) groups excluding carboxylic acids is 1. The smallest absolute Gasteiger partial charge is 0.352 e. The van der Waals surface area contributed by atoms with Crippen LogP contribution in [0.1, 0.15) is 17.0 Å². The summed E-state index contributed by atoms with van der Waals surface area (Å²) in [5, 5.41) is -0.0555. The molecule has 1 amide bonds. The second-order valence-electron chi connectivity index (χ2n) is 8.66. The maximum Gasteiger partial charge on any atom is 0.417 e. The third-order valence-electron chi connectivity index (χ3n) is 6.31. The molecule has 0 spiro atoms. The Balaban J connectivity index is 1.29. The van der Waals surface area contributed by atoms with Crippen LogP contribution in [-0.4, -0.2) is 51.5 Å². The van der Waals surface area contributed by atoms with E-state index in [9.17, 15) is 18.0 Å². The first-order chi connectivity index (χ1) is 17.3. The number of hydrogen-bond donors (Lipinski definition) is 0. The molecule has 0 aliphatic carbocycles. The average Bonchev–Trinajstić information content (AvgIpc) is 3.21. The number of hydrogen-bond acceptors (Lipinski definition) is 4. The van der Waals surface area contributed by atoms with Crippen LogP contribution in [0.2, 0.25) is 5.02 Å². The fourth-order valence-electron chi connectivity index (χ4n) is 4.44. The van der Waals surface area contributed by atoms with E-state index in [1.165, 1.54) is 0 Å². The van der Waals surface area contributed by atoms with Crippen LogP contribution in [0.3, 0.4) is 0 Å². The van der Waals surface area contributed by atoms with Crippen molar-refractivity contribution >= 4 is 34.4 Å². The van der Waals surface area contributed by atoms with Gasteiger partial charge in [-0.1, -0.05) is 54.1 Å². The maximum absolute atomic E-state index is 13.3. The van der Waals surface area contributed by atoms with Gasteiger partial charge >= 0.3 is 6.18 Å². The highest BCUT2D eigenvalue weighted by Crippen LogP contribution is 2.33. The summed E-state index contributed by atoms with van der Waals surface area (Å²) < 4.78 is 40.7. The van der Waals surface area contributed by atoms with Crippen molar-refractivity contribution in [1.29, 1.82) is 0 Å². The number of pyridine rings is 1. The number of nitrogens with zero attached hydrogens (tertiary/aromatic N) is 5. The minimum atomic E-state index is -4.50. The monoisotopic (exact) mass is 513 g/mol. The van der Waals surface area contributed by atoms with E-state index in [1.807, 2.05) is 59.2 Å². The molecule has 10 heteroatoms. The molecule has 1 saturated heterocycles. The molecule has 186 valence electrons. The number of aromatic nitrogens is 3. The Kier molecular flexibility index (Phi) is 6.57. The summed E-state index contributed by atoms with van der Waals surface area (Å²) >= 11 is 6.11. The van der Waals surface area contributed by atoms with Crippen molar-refractivity contribution in [2.45, 2.75) is 19.1 Å². The van der Waals surface area contributed by atoms with Crippen LogP contribution in [0, 0.1) is 0 Å². The summed E-state index contributed by atoms with van der Waals surface area (Å²) in [5.41, 5.74) is 1.96. The molecule has 1 aliphatic rings. The Bertz CT molecular complexity index is 1380. The van der Waals surface area contributed by atoms with Crippen LogP contribution >= 0.6 is 11.6 Å². The number of benzene rings is 2. The number of fused-ring (bicyclic) bond motifs is 1. The van der Waals surface area contributed by atoms with Crippen LogP contribution < -0.4 is 4.90 Å². The molecule has 0 radical (unpaired) electrons. The van der Waals surface area contributed by atoms with Crippen molar-refractivity contribution in [3.63, 3.8) is 0 Å². The highest BCUT2D eigenvalue weighted by atomic mass is 35.5. The molecule has 0 saturated carbocycles. The van der Waals surface area contributed by atoms with E-state index >= 15 is 0 Å². The Morgan fingerprint density at radius 1 is 0.972 bits per heavy atom. The molecular weight excluding hydrogens is 491 g/mol. The van der Waals surface area contributed by atoms with E-state index in [1.54, 1.807) is 9.80 Å². The number of halogens is 4. The molecule has 3 heterocycles. The van der Waals surface area contributed by atoms with Gasteiger partial charge in [0.15, 0.2) is 0 Å². The van der Waals surface area contributed by atoms with Gasteiger partial charge in [0, 0.05) is 38.8 Å². The Hall–Kier alpha value is -3.59. The molecule has 0 atom stereocenters. The number of anilines is 1. The molecule has 0 N–H and O–H groups in total. The number of carbonyl (C=O) groups is 1. The highest BCUT2D eigenvalue weighted by molar-refractivity contribution is 6.33. The summed E-state index contributed by atoms with van der Waals surface area (Å²) in [6.45, 7) is 1.83. The SMILES string of the molecule is O=C(Cn1c(Cc2ccccc2)nc2ccccc21)N1CCN(c2ncc(C(F)(F)F)cc2Cl)CC1. The molecule has 36 heavy (non-hydrogen) atoms.